The lowest BCUT2D eigenvalue weighted by Gasteiger charge is -2.06. The number of benzene rings is 2. The lowest BCUT2D eigenvalue weighted by molar-refractivity contribution is 0.0594. The number of anilines is 1. The summed E-state index contributed by atoms with van der Waals surface area (Å²) in [4.78, 5) is 13.1. The Hall–Kier alpha value is -2.15. The second-order valence-corrected chi connectivity index (χ2v) is 6.51. The highest BCUT2D eigenvalue weighted by Crippen LogP contribution is 2.31. The minimum Gasteiger partial charge on any atom is -0.465 e. The molecule has 1 N–H and O–H groups in total. The lowest BCUT2D eigenvalue weighted by Crippen LogP contribution is -2.04. The molecule has 0 spiro atoms. The molecule has 0 saturated heterocycles. The van der Waals surface area contributed by atoms with E-state index in [-0.39, 0.29) is 6.61 Å². The van der Waals surface area contributed by atoms with Crippen LogP contribution in [0.4, 0.5) is 5.69 Å². The molecule has 2 aromatic carbocycles. The minimum atomic E-state index is -0.451. The van der Waals surface area contributed by atoms with Crippen molar-refractivity contribution in [3.8, 4) is 0 Å². The predicted octanol–water partition coefficient (Wildman–Crippen LogP) is 5.14. The van der Waals surface area contributed by atoms with E-state index in [4.69, 9.17) is 25.5 Å². The summed E-state index contributed by atoms with van der Waals surface area (Å²) in [6, 6.07) is 13.1. The molecule has 130 valence electrons. The van der Waals surface area contributed by atoms with E-state index in [1.54, 1.807) is 7.11 Å². The molecule has 0 aliphatic rings. The standard InChI is InChI=1S/C18H16ClNO4S/c1-22-10-16-17(18(21)23-2)14-9-12(5-8-15(14)24-16)20-25-13-6-3-11(19)4-7-13/h3-9,20H,10H2,1-2H3. The Kier molecular flexibility index (Phi) is 5.53. The van der Waals surface area contributed by atoms with Gasteiger partial charge in [-0.3, -0.25) is 0 Å². The highest BCUT2D eigenvalue weighted by molar-refractivity contribution is 8.00. The van der Waals surface area contributed by atoms with E-state index in [1.165, 1.54) is 19.1 Å². The molecule has 0 unspecified atom stereocenters. The maximum Gasteiger partial charge on any atom is 0.342 e. The van der Waals surface area contributed by atoms with Gasteiger partial charge in [-0.05, 0) is 54.4 Å². The van der Waals surface area contributed by atoms with Gasteiger partial charge in [-0.1, -0.05) is 11.6 Å². The molecule has 0 saturated carbocycles. The number of rotatable bonds is 6. The van der Waals surface area contributed by atoms with Crippen molar-refractivity contribution in [1.82, 2.24) is 0 Å². The molecule has 7 heteroatoms. The Morgan fingerprint density at radius 1 is 1.20 bits per heavy atom. The number of methoxy groups -OCH3 is 2. The van der Waals surface area contributed by atoms with Crippen molar-refractivity contribution in [2.45, 2.75) is 11.5 Å². The van der Waals surface area contributed by atoms with Gasteiger partial charge in [-0.2, -0.15) is 0 Å². The van der Waals surface area contributed by atoms with Crippen LogP contribution in [0.2, 0.25) is 5.02 Å². The van der Waals surface area contributed by atoms with Crippen LogP contribution in [0.1, 0.15) is 16.1 Å². The van der Waals surface area contributed by atoms with Crippen LogP contribution in [0.25, 0.3) is 11.0 Å². The maximum atomic E-state index is 12.1. The van der Waals surface area contributed by atoms with Crippen molar-refractivity contribution < 1.29 is 18.7 Å². The number of nitrogens with one attached hydrogen (secondary N) is 1. The summed E-state index contributed by atoms with van der Waals surface area (Å²) in [5.74, 6) is 0.000147. The quantitative estimate of drug-likeness (QED) is 0.474. The molecule has 0 aliphatic heterocycles. The number of furan rings is 1. The molecule has 1 heterocycles. The van der Waals surface area contributed by atoms with Crippen LogP contribution in [-0.2, 0) is 16.1 Å². The number of carbonyl (C=O) groups is 1. The van der Waals surface area contributed by atoms with Crippen molar-refractivity contribution in [3.63, 3.8) is 0 Å². The van der Waals surface area contributed by atoms with E-state index >= 15 is 0 Å². The first-order valence-electron chi connectivity index (χ1n) is 7.43. The van der Waals surface area contributed by atoms with E-state index in [0.717, 1.165) is 10.6 Å². The molecular weight excluding hydrogens is 362 g/mol. The summed E-state index contributed by atoms with van der Waals surface area (Å²) >= 11 is 7.34. The monoisotopic (exact) mass is 377 g/mol. The molecule has 25 heavy (non-hydrogen) atoms. The second kappa shape index (κ2) is 7.82. The number of hydrogen-bond acceptors (Lipinski definition) is 6. The van der Waals surface area contributed by atoms with Crippen LogP contribution in [0.3, 0.4) is 0 Å². The van der Waals surface area contributed by atoms with Gasteiger partial charge in [0, 0.05) is 28.1 Å². The second-order valence-electron chi connectivity index (χ2n) is 5.19. The zero-order chi connectivity index (χ0) is 17.8. The zero-order valence-electron chi connectivity index (χ0n) is 13.7. The number of hydrogen-bond donors (Lipinski definition) is 1. The van der Waals surface area contributed by atoms with Crippen LogP contribution >= 0.6 is 23.5 Å². The van der Waals surface area contributed by atoms with Crippen LogP contribution in [-0.4, -0.2) is 20.2 Å². The van der Waals surface area contributed by atoms with E-state index in [0.29, 0.717) is 27.3 Å². The summed E-state index contributed by atoms with van der Waals surface area (Å²) in [5.41, 5.74) is 1.83. The van der Waals surface area contributed by atoms with Gasteiger partial charge in [0.15, 0.2) is 0 Å². The Bertz CT molecular complexity index is 892. The Morgan fingerprint density at radius 2 is 1.96 bits per heavy atom. The fourth-order valence-electron chi connectivity index (χ4n) is 2.39. The third kappa shape index (κ3) is 3.92. The van der Waals surface area contributed by atoms with Gasteiger partial charge in [-0.15, -0.1) is 0 Å². The normalized spacial score (nSPS) is 10.8. The molecule has 0 amide bonds. The summed E-state index contributed by atoms with van der Waals surface area (Å²) in [6.45, 7) is 0.196. The number of ether oxygens (including phenoxy) is 2. The van der Waals surface area contributed by atoms with Gasteiger partial charge < -0.3 is 18.6 Å². The summed E-state index contributed by atoms with van der Waals surface area (Å²) < 4.78 is 18.9. The van der Waals surface area contributed by atoms with Crippen molar-refractivity contribution in [2.24, 2.45) is 0 Å². The Morgan fingerprint density at radius 3 is 2.64 bits per heavy atom. The fraction of sp³-hybridized carbons (Fsp3) is 0.167. The van der Waals surface area contributed by atoms with Gasteiger partial charge in [0.1, 0.15) is 23.5 Å². The highest BCUT2D eigenvalue weighted by Gasteiger charge is 2.21. The molecule has 0 bridgehead atoms. The SMILES string of the molecule is COCc1oc2ccc(NSc3ccc(Cl)cc3)cc2c1C(=O)OC. The predicted molar refractivity (Wildman–Crippen MR) is 99.2 cm³/mol. The zero-order valence-corrected chi connectivity index (χ0v) is 15.2. The van der Waals surface area contributed by atoms with E-state index < -0.39 is 5.97 Å². The maximum absolute atomic E-state index is 12.1. The van der Waals surface area contributed by atoms with Gasteiger partial charge in [0.2, 0.25) is 0 Å². The summed E-state index contributed by atoms with van der Waals surface area (Å²) in [5, 5.41) is 1.37. The molecule has 0 atom stereocenters. The van der Waals surface area contributed by atoms with Gasteiger partial charge in [-0.25, -0.2) is 4.79 Å². The topological polar surface area (TPSA) is 60.7 Å². The summed E-state index contributed by atoms with van der Waals surface area (Å²) in [7, 11) is 2.89. The van der Waals surface area contributed by atoms with Crippen molar-refractivity contribution in [2.75, 3.05) is 18.9 Å². The molecule has 3 aromatic rings. The van der Waals surface area contributed by atoms with E-state index in [2.05, 4.69) is 4.72 Å². The summed E-state index contributed by atoms with van der Waals surface area (Å²) in [6.07, 6.45) is 0. The number of esters is 1. The number of halogens is 1. The Balaban J connectivity index is 1.89. The molecule has 1 aromatic heterocycles. The molecule has 0 radical (unpaired) electrons. The van der Waals surface area contributed by atoms with E-state index in [1.807, 2.05) is 42.5 Å². The van der Waals surface area contributed by atoms with Gasteiger partial charge >= 0.3 is 5.97 Å². The van der Waals surface area contributed by atoms with Crippen molar-refractivity contribution >= 4 is 46.2 Å². The highest BCUT2D eigenvalue weighted by atomic mass is 35.5. The van der Waals surface area contributed by atoms with E-state index in [9.17, 15) is 4.79 Å². The van der Waals surface area contributed by atoms with Crippen molar-refractivity contribution in [3.05, 3.63) is 58.8 Å². The molecule has 0 aliphatic carbocycles. The first kappa shape index (κ1) is 17.7. The largest absolute Gasteiger partial charge is 0.465 e. The van der Waals surface area contributed by atoms with Crippen LogP contribution in [0, 0.1) is 0 Å². The molecule has 0 fully saturated rings. The van der Waals surface area contributed by atoms with Crippen LogP contribution in [0.15, 0.2) is 51.8 Å². The molecule has 3 rings (SSSR count). The average molecular weight is 378 g/mol. The smallest absolute Gasteiger partial charge is 0.342 e. The Labute approximate surface area is 154 Å². The molecular formula is C18H16ClNO4S. The number of fused-ring (bicyclic) bond motifs is 1. The first-order chi connectivity index (χ1) is 12.1. The molecule has 5 nitrogen and oxygen atoms in total. The van der Waals surface area contributed by atoms with Crippen molar-refractivity contribution in [1.29, 1.82) is 0 Å². The third-order valence-corrected chi connectivity index (χ3v) is 4.62. The van der Waals surface area contributed by atoms with Gasteiger partial charge in [0.25, 0.3) is 0 Å². The van der Waals surface area contributed by atoms with Gasteiger partial charge in [0.05, 0.1) is 7.11 Å². The fourth-order valence-corrected chi connectivity index (χ4v) is 3.15. The third-order valence-electron chi connectivity index (χ3n) is 3.53. The van der Waals surface area contributed by atoms with Crippen LogP contribution in [0.5, 0.6) is 0 Å². The lowest BCUT2D eigenvalue weighted by atomic mass is 10.1. The first-order valence-corrected chi connectivity index (χ1v) is 8.63. The average Bonchev–Trinajstić information content (AvgIpc) is 2.98. The number of carbonyl (C=O) groups excluding carboxylic acids is 1. The minimum absolute atomic E-state index is 0.196. The van der Waals surface area contributed by atoms with Crippen LogP contribution < -0.4 is 4.72 Å².